The van der Waals surface area contributed by atoms with E-state index in [2.05, 4.69) is 4.98 Å². The van der Waals surface area contributed by atoms with E-state index in [1.54, 1.807) is 12.4 Å². The summed E-state index contributed by atoms with van der Waals surface area (Å²) in [5.74, 6) is -0.573. The van der Waals surface area contributed by atoms with Crippen LogP contribution in [-0.4, -0.2) is 74.1 Å². The van der Waals surface area contributed by atoms with Crippen LogP contribution in [0.1, 0.15) is 24.4 Å². The average Bonchev–Trinajstić information content (AvgIpc) is 3.01. The van der Waals surface area contributed by atoms with Gasteiger partial charge in [0, 0.05) is 18.4 Å². The second-order valence-electron chi connectivity index (χ2n) is 5.57. The molecule has 4 atom stereocenters. The van der Waals surface area contributed by atoms with E-state index in [0.717, 1.165) is 24.9 Å². The number of likely N-dealkylation sites (tertiary alicyclic amines) is 1. The number of aliphatic hydroxyl groups is 4. The fraction of sp³-hybridized carbons (Fsp3) is 0.600. The van der Waals surface area contributed by atoms with Gasteiger partial charge in [0.05, 0.1) is 13.2 Å². The van der Waals surface area contributed by atoms with Gasteiger partial charge >= 0.3 is 0 Å². The maximum absolute atomic E-state index is 12.1. The Hall–Kier alpha value is -1.38. The van der Waals surface area contributed by atoms with Crippen LogP contribution in [0.15, 0.2) is 24.5 Å². The SMILES string of the molecule is O=C(CN1CCCC1c1cccnc1)C(O)C(O)C(O)CO. The first-order valence-electron chi connectivity index (χ1n) is 7.36. The highest BCUT2D eigenvalue weighted by atomic mass is 16.4. The molecule has 0 aromatic carbocycles. The smallest absolute Gasteiger partial charge is 0.177 e. The zero-order valence-electron chi connectivity index (χ0n) is 12.2. The standard InChI is InChI=1S/C15H22N2O5/c18-9-13(20)15(22)14(21)12(19)8-17-6-2-4-11(17)10-3-1-5-16-7-10/h1,3,5,7,11,13-15,18,20-22H,2,4,6,8-9H2. The Kier molecular flexibility index (Phi) is 5.98. The van der Waals surface area contributed by atoms with Crippen LogP contribution in [0.5, 0.6) is 0 Å². The summed E-state index contributed by atoms with van der Waals surface area (Å²) in [6, 6.07) is 3.84. The minimum Gasteiger partial charge on any atom is -0.394 e. The molecule has 7 heteroatoms. The molecule has 1 aromatic heterocycles. The van der Waals surface area contributed by atoms with E-state index >= 15 is 0 Å². The highest BCUT2D eigenvalue weighted by Crippen LogP contribution is 2.31. The lowest BCUT2D eigenvalue weighted by atomic mass is 10.0. The van der Waals surface area contributed by atoms with Gasteiger partial charge in [-0.3, -0.25) is 14.7 Å². The number of aromatic nitrogens is 1. The minimum absolute atomic E-state index is 0.0179. The van der Waals surface area contributed by atoms with Crippen molar-refractivity contribution in [1.82, 2.24) is 9.88 Å². The number of aliphatic hydroxyl groups excluding tert-OH is 4. The van der Waals surface area contributed by atoms with Gasteiger partial charge in [-0.15, -0.1) is 0 Å². The van der Waals surface area contributed by atoms with Crippen molar-refractivity contribution in [3.8, 4) is 0 Å². The molecule has 1 saturated heterocycles. The summed E-state index contributed by atoms with van der Waals surface area (Å²) in [5, 5.41) is 37.5. The van der Waals surface area contributed by atoms with E-state index in [1.165, 1.54) is 0 Å². The predicted molar refractivity (Wildman–Crippen MR) is 77.9 cm³/mol. The number of hydrogen-bond donors (Lipinski definition) is 4. The summed E-state index contributed by atoms with van der Waals surface area (Å²) in [4.78, 5) is 18.1. The van der Waals surface area contributed by atoms with Gasteiger partial charge in [0.2, 0.25) is 0 Å². The van der Waals surface area contributed by atoms with Crippen molar-refractivity contribution in [2.75, 3.05) is 19.7 Å². The maximum Gasteiger partial charge on any atom is 0.177 e. The Labute approximate surface area is 128 Å². The molecule has 0 bridgehead atoms. The molecule has 4 N–H and O–H groups in total. The van der Waals surface area contributed by atoms with E-state index in [1.807, 2.05) is 17.0 Å². The minimum atomic E-state index is -1.71. The molecule has 0 spiro atoms. The lowest BCUT2D eigenvalue weighted by Gasteiger charge is -2.26. The van der Waals surface area contributed by atoms with Crippen LogP contribution < -0.4 is 0 Å². The number of hydrogen-bond acceptors (Lipinski definition) is 7. The number of Topliss-reactive ketones (excluding diaryl/α,β-unsaturated/α-hetero) is 1. The Morgan fingerprint density at radius 3 is 2.82 bits per heavy atom. The number of carbonyl (C=O) groups is 1. The topological polar surface area (TPSA) is 114 Å². The third-order valence-electron chi connectivity index (χ3n) is 4.03. The van der Waals surface area contributed by atoms with Gasteiger partial charge in [-0.2, -0.15) is 0 Å². The molecule has 22 heavy (non-hydrogen) atoms. The van der Waals surface area contributed by atoms with Crippen LogP contribution >= 0.6 is 0 Å². The zero-order valence-corrected chi connectivity index (χ0v) is 12.2. The van der Waals surface area contributed by atoms with Crippen LogP contribution in [0, 0.1) is 0 Å². The molecular weight excluding hydrogens is 288 g/mol. The molecule has 2 heterocycles. The first-order chi connectivity index (χ1) is 10.5. The lowest BCUT2D eigenvalue weighted by Crippen LogP contribution is -2.47. The van der Waals surface area contributed by atoms with Crippen LogP contribution in [0.3, 0.4) is 0 Å². The predicted octanol–water partition coefficient (Wildman–Crippen LogP) is -1.14. The largest absolute Gasteiger partial charge is 0.394 e. The molecule has 1 aliphatic heterocycles. The summed E-state index contributed by atoms with van der Waals surface area (Å²) in [5.41, 5.74) is 1.01. The summed E-state index contributed by atoms with van der Waals surface area (Å²) in [7, 11) is 0. The van der Waals surface area contributed by atoms with Gasteiger partial charge in [-0.05, 0) is 31.0 Å². The lowest BCUT2D eigenvalue weighted by molar-refractivity contribution is -0.141. The summed E-state index contributed by atoms with van der Waals surface area (Å²) in [6.45, 7) is -0.0138. The number of nitrogens with zero attached hydrogens (tertiary/aromatic N) is 2. The van der Waals surface area contributed by atoms with Gasteiger partial charge in [-0.1, -0.05) is 6.07 Å². The molecule has 122 valence electrons. The second-order valence-corrected chi connectivity index (χ2v) is 5.57. The molecule has 2 rings (SSSR count). The fourth-order valence-corrected chi connectivity index (χ4v) is 2.77. The molecule has 7 nitrogen and oxygen atoms in total. The number of ketones is 1. The molecule has 4 unspecified atom stereocenters. The quantitative estimate of drug-likeness (QED) is 0.503. The second kappa shape index (κ2) is 7.75. The fourth-order valence-electron chi connectivity index (χ4n) is 2.77. The zero-order chi connectivity index (χ0) is 16.1. The Bertz CT molecular complexity index is 484. The number of carbonyl (C=O) groups excluding carboxylic acids is 1. The van der Waals surface area contributed by atoms with Crippen molar-refractivity contribution >= 4 is 5.78 Å². The van der Waals surface area contributed by atoms with Crippen molar-refractivity contribution in [2.45, 2.75) is 37.2 Å². The molecule has 0 aliphatic carbocycles. The van der Waals surface area contributed by atoms with Crippen molar-refractivity contribution in [1.29, 1.82) is 0 Å². The molecule has 0 amide bonds. The monoisotopic (exact) mass is 310 g/mol. The van der Waals surface area contributed by atoms with Crippen LogP contribution in [0.4, 0.5) is 0 Å². The Morgan fingerprint density at radius 2 is 2.18 bits per heavy atom. The van der Waals surface area contributed by atoms with Crippen LogP contribution in [0.2, 0.25) is 0 Å². The molecule has 0 radical (unpaired) electrons. The van der Waals surface area contributed by atoms with Gasteiger partial charge in [0.1, 0.15) is 18.3 Å². The van der Waals surface area contributed by atoms with Gasteiger partial charge in [0.25, 0.3) is 0 Å². The van der Waals surface area contributed by atoms with Gasteiger partial charge < -0.3 is 20.4 Å². The third-order valence-corrected chi connectivity index (χ3v) is 4.03. The normalized spacial score (nSPS) is 23.2. The van der Waals surface area contributed by atoms with Crippen LogP contribution in [0.25, 0.3) is 0 Å². The average molecular weight is 310 g/mol. The van der Waals surface area contributed by atoms with E-state index in [9.17, 15) is 20.1 Å². The van der Waals surface area contributed by atoms with E-state index in [4.69, 9.17) is 5.11 Å². The van der Waals surface area contributed by atoms with Crippen molar-refractivity contribution in [3.05, 3.63) is 30.1 Å². The van der Waals surface area contributed by atoms with Crippen LogP contribution in [-0.2, 0) is 4.79 Å². The van der Waals surface area contributed by atoms with Crippen molar-refractivity contribution < 1.29 is 25.2 Å². The van der Waals surface area contributed by atoms with Crippen molar-refractivity contribution in [3.63, 3.8) is 0 Å². The van der Waals surface area contributed by atoms with Crippen molar-refractivity contribution in [2.24, 2.45) is 0 Å². The van der Waals surface area contributed by atoms with E-state index in [0.29, 0.717) is 0 Å². The summed E-state index contributed by atoms with van der Waals surface area (Å²) < 4.78 is 0. The summed E-state index contributed by atoms with van der Waals surface area (Å²) in [6.07, 6.45) is 0.348. The van der Waals surface area contributed by atoms with E-state index < -0.39 is 30.7 Å². The Balaban J connectivity index is 1.98. The molecular formula is C15H22N2O5. The first-order valence-corrected chi connectivity index (χ1v) is 7.36. The first kappa shape index (κ1) is 17.0. The number of pyridine rings is 1. The van der Waals surface area contributed by atoms with E-state index in [-0.39, 0.29) is 12.6 Å². The van der Waals surface area contributed by atoms with Gasteiger partial charge in [-0.25, -0.2) is 0 Å². The maximum atomic E-state index is 12.1. The molecule has 1 aliphatic rings. The third kappa shape index (κ3) is 3.88. The van der Waals surface area contributed by atoms with Gasteiger partial charge in [0.15, 0.2) is 5.78 Å². The highest BCUT2D eigenvalue weighted by Gasteiger charge is 2.34. The number of rotatable bonds is 7. The molecule has 1 aromatic rings. The molecule has 0 saturated carbocycles. The summed E-state index contributed by atoms with van der Waals surface area (Å²) >= 11 is 0. The highest BCUT2D eigenvalue weighted by molar-refractivity contribution is 5.85. The molecule has 1 fully saturated rings. The Morgan fingerprint density at radius 1 is 1.41 bits per heavy atom.